The third-order valence-electron chi connectivity index (χ3n) is 11.9. The molecule has 4 heterocycles. The lowest BCUT2D eigenvalue weighted by molar-refractivity contribution is -0.145. The molecule has 2 aliphatic carbocycles. The number of carboxylic acid groups (broad SMARTS) is 1. The Kier molecular flexibility index (Phi) is 10.4. The average Bonchev–Trinajstić information content (AvgIpc) is 3.47. The molecule has 4 aliphatic heterocycles. The number of aliphatic carboxylic acids is 1. The zero-order valence-corrected chi connectivity index (χ0v) is 30.0. The number of alkyl carbamates (subject to hydrolysis) is 1. The van der Waals surface area contributed by atoms with Crippen molar-refractivity contribution in [3.63, 3.8) is 0 Å². The minimum atomic E-state index is -1.37. The van der Waals surface area contributed by atoms with E-state index in [0.717, 1.165) is 31.6 Å². The maximum Gasteiger partial charge on any atom is 0.408 e. The van der Waals surface area contributed by atoms with E-state index in [1.165, 1.54) is 17.9 Å². The molecule has 11 atom stereocenters. The quantitative estimate of drug-likeness (QED) is 0.278. The zero-order chi connectivity index (χ0) is 34.4. The molecule has 5 fully saturated rings. The molecule has 6 aliphatic rings. The minimum Gasteiger partial charge on any atom is -0.479 e. The highest BCUT2D eigenvalue weighted by Gasteiger charge is 2.62. The molecule has 6 rings (SSSR count). The molecule has 0 aromatic heterocycles. The lowest BCUT2D eigenvalue weighted by Crippen LogP contribution is -2.56. The van der Waals surface area contributed by atoms with Crippen LogP contribution in [0.4, 0.5) is 4.79 Å². The summed E-state index contributed by atoms with van der Waals surface area (Å²) in [6.07, 6.45) is 9.92. The fourth-order valence-electron chi connectivity index (χ4n) is 8.89. The van der Waals surface area contributed by atoms with Gasteiger partial charge in [-0.15, -0.1) is 0 Å². The van der Waals surface area contributed by atoms with Crippen LogP contribution < -0.4 is 21.5 Å². The van der Waals surface area contributed by atoms with E-state index < -0.39 is 41.2 Å². The number of allylic oxidation sites excluding steroid dienone is 1. The van der Waals surface area contributed by atoms with E-state index in [-0.39, 0.29) is 36.5 Å². The van der Waals surface area contributed by atoms with Gasteiger partial charge in [0.05, 0.1) is 6.04 Å². The van der Waals surface area contributed by atoms with Crippen LogP contribution in [0.15, 0.2) is 12.2 Å². The Balaban J connectivity index is 1.24. The van der Waals surface area contributed by atoms with Crippen molar-refractivity contribution in [2.75, 3.05) is 18.1 Å². The van der Waals surface area contributed by atoms with E-state index in [0.29, 0.717) is 43.4 Å². The number of hydrazine groups is 2. The molecule has 3 amide bonds. The second-order valence-corrected chi connectivity index (χ2v) is 17.4. The van der Waals surface area contributed by atoms with Gasteiger partial charge in [0.15, 0.2) is 0 Å². The summed E-state index contributed by atoms with van der Waals surface area (Å²) in [5.41, 5.74) is 5.37. The Morgan fingerprint density at radius 1 is 1.08 bits per heavy atom. The topological polar surface area (TPSA) is 152 Å². The number of carbonyl (C=O) groups is 4. The highest BCUT2D eigenvalue weighted by Crippen LogP contribution is 2.47. The van der Waals surface area contributed by atoms with Gasteiger partial charge in [-0.25, -0.2) is 20.4 Å². The standard InChI is InChI=1S/C35H56N6O6S/c1-20-21(2)29-27(16-25(20)22-13-14-48-19-22)38-41(39-29)24-15-28-30(42)37-35(32(44)45)17-23(35)11-9-7-6-8-10-12-26(31(43)40(28)18-24)36-33(46)47-34(3,4)5/h9,11,20-29,38-39H,6-8,10,12-19H2,1-5H3,(H,36,46)(H,37,42)(H,44,45)/b11-9-/t20?,21?,22?,23-,24+,25?,26-,27?,28+,29?,35+/m1/s1. The maximum atomic E-state index is 14.4. The van der Waals surface area contributed by atoms with Gasteiger partial charge < -0.3 is 25.4 Å². The Morgan fingerprint density at radius 2 is 1.88 bits per heavy atom. The predicted molar refractivity (Wildman–Crippen MR) is 183 cm³/mol. The predicted octanol–water partition coefficient (Wildman–Crippen LogP) is 3.44. The van der Waals surface area contributed by atoms with E-state index in [1.54, 1.807) is 25.7 Å². The number of carboxylic acids is 1. The SMILES string of the molecule is CC1C(C)C2NN([C@H]3C[C@H]4C(=O)N[C@@]5(C(=O)O)C[C@H]5/C=C\CCCCC[C@@H](NC(=O)OC(C)(C)C)C(=O)N4C3)NC2CC1C1CCSC1. The first-order chi connectivity index (χ1) is 22.8. The second-order valence-electron chi connectivity index (χ2n) is 16.2. The van der Waals surface area contributed by atoms with Crippen molar-refractivity contribution < 1.29 is 29.0 Å². The fraction of sp³-hybridized carbons (Fsp3) is 0.829. The van der Waals surface area contributed by atoms with Crippen molar-refractivity contribution in [3.05, 3.63) is 12.2 Å². The van der Waals surface area contributed by atoms with Gasteiger partial charge in [0.1, 0.15) is 23.2 Å². The second kappa shape index (κ2) is 14.1. The van der Waals surface area contributed by atoms with Crippen LogP contribution in [0, 0.1) is 29.6 Å². The van der Waals surface area contributed by atoms with Crippen LogP contribution in [0.5, 0.6) is 0 Å². The van der Waals surface area contributed by atoms with Crippen LogP contribution in [-0.4, -0.2) is 98.4 Å². The summed E-state index contributed by atoms with van der Waals surface area (Å²) in [6, 6.07) is -1.49. The van der Waals surface area contributed by atoms with E-state index in [9.17, 15) is 24.3 Å². The summed E-state index contributed by atoms with van der Waals surface area (Å²) in [5.74, 6) is 2.77. The molecule has 0 spiro atoms. The van der Waals surface area contributed by atoms with Crippen molar-refractivity contribution in [2.24, 2.45) is 29.6 Å². The molecule has 12 nitrogen and oxygen atoms in total. The molecule has 0 aromatic carbocycles. The van der Waals surface area contributed by atoms with E-state index >= 15 is 0 Å². The first-order valence-electron chi connectivity index (χ1n) is 18.2. The lowest BCUT2D eigenvalue weighted by atomic mass is 9.65. The molecule has 13 heteroatoms. The Bertz CT molecular complexity index is 1270. The molecule has 3 saturated heterocycles. The average molecular weight is 689 g/mol. The van der Waals surface area contributed by atoms with Gasteiger partial charge in [0.2, 0.25) is 11.8 Å². The van der Waals surface area contributed by atoms with Crippen molar-refractivity contribution in [3.8, 4) is 0 Å². The van der Waals surface area contributed by atoms with Gasteiger partial charge in [-0.3, -0.25) is 9.59 Å². The summed E-state index contributed by atoms with van der Waals surface area (Å²) in [4.78, 5) is 55.4. The zero-order valence-electron chi connectivity index (χ0n) is 29.2. The number of rotatable bonds is 4. The number of thioether (sulfide) groups is 1. The van der Waals surface area contributed by atoms with Gasteiger partial charge in [-0.2, -0.15) is 16.9 Å². The van der Waals surface area contributed by atoms with Gasteiger partial charge in [-0.1, -0.05) is 38.8 Å². The van der Waals surface area contributed by atoms with Gasteiger partial charge in [0, 0.05) is 24.5 Å². The number of hydrogen-bond donors (Lipinski definition) is 5. The summed E-state index contributed by atoms with van der Waals surface area (Å²) < 4.78 is 5.52. The highest BCUT2D eigenvalue weighted by molar-refractivity contribution is 7.99. The fourth-order valence-corrected chi connectivity index (χ4v) is 10.2. The number of carbonyl (C=O) groups excluding carboxylic acids is 3. The maximum absolute atomic E-state index is 14.4. The Labute approximate surface area is 289 Å². The molecule has 6 unspecified atom stereocenters. The van der Waals surface area contributed by atoms with Crippen molar-refractivity contribution >= 4 is 35.6 Å². The van der Waals surface area contributed by atoms with Gasteiger partial charge >= 0.3 is 12.1 Å². The molecule has 0 bridgehead atoms. The lowest BCUT2D eigenvalue weighted by Gasteiger charge is -2.43. The number of amides is 3. The largest absolute Gasteiger partial charge is 0.479 e. The number of ether oxygens (including phenoxy) is 1. The molecule has 5 N–H and O–H groups in total. The van der Waals surface area contributed by atoms with Crippen LogP contribution >= 0.6 is 11.8 Å². The molecule has 2 saturated carbocycles. The summed E-state index contributed by atoms with van der Waals surface area (Å²) in [6.45, 7) is 10.3. The van der Waals surface area contributed by atoms with Gasteiger partial charge in [-0.05, 0) is 101 Å². The molecular formula is C35H56N6O6S. The van der Waals surface area contributed by atoms with E-state index in [4.69, 9.17) is 4.74 Å². The number of nitrogens with zero attached hydrogens (tertiary/aromatic N) is 2. The highest BCUT2D eigenvalue weighted by atomic mass is 32.2. The molecule has 48 heavy (non-hydrogen) atoms. The van der Waals surface area contributed by atoms with Crippen LogP contribution in [0.2, 0.25) is 0 Å². The van der Waals surface area contributed by atoms with Crippen LogP contribution in [0.1, 0.15) is 92.4 Å². The summed E-state index contributed by atoms with van der Waals surface area (Å²) in [7, 11) is 0. The van der Waals surface area contributed by atoms with Crippen molar-refractivity contribution in [1.82, 2.24) is 31.5 Å². The Hall–Kier alpha value is -2.35. The van der Waals surface area contributed by atoms with Crippen molar-refractivity contribution in [2.45, 2.75) is 134 Å². The number of hydrogen-bond acceptors (Lipinski definition) is 9. The third-order valence-corrected chi connectivity index (χ3v) is 13.1. The monoisotopic (exact) mass is 688 g/mol. The molecule has 0 aromatic rings. The minimum absolute atomic E-state index is 0.227. The molecule has 0 radical (unpaired) electrons. The molecule has 268 valence electrons. The first kappa shape index (κ1) is 35.5. The molecular weight excluding hydrogens is 632 g/mol. The van der Waals surface area contributed by atoms with Crippen molar-refractivity contribution in [1.29, 1.82) is 0 Å². The summed E-state index contributed by atoms with van der Waals surface area (Å²) >= 11 is 2.06. The normalized spacial score (nSPS) is 41.6. The van der Waals surface area contributed by atoms with Gasteiger partial charge in [0.25, 0.3) is 0 Å². The third kappa shape index (κ3) is 7.39. The smallest absolute Gasteiger partial charge is 0.408 e. The van der Waals surface area contributed by atoms with Crippen LogP contribution in [-0.2, 0) is 19.1 Å². The first-order valence-corrected chi connectivity index (χ1v) is 19.3. The number of nitrogens with one attached hydrogen (secondary N) is 4. The number of fused-ring (bicyclic) bond motifs is 3. The van der Waals surface area contributed by atoms with Crippen LogP contribution in [0.25, 0.3) is 0 Å². The Morgan fingerprint density at radius 3 is 2.58 bits per heavy atom. The summed E-state index contributed by atoms with van der Waals surface area (Å²) in [5, 5.41) is 17.9. The van der Waals surface area contributed by atoms with E-state index in [2.05, 4.69) is 47.1 Å². The van der Waals surface area contributed by atoms with E-state index in [1.807, 2.05) is 17.3 Å². The van der Waals surface area contributed by atoms with Crippen LogP contribution in [0.3, 0.4) is 0 Å².